The van der Waals surface area contributed by atoms with Crippen LogP contribution in [0.1, 0.15) is 6.92 Å². The Bertz CT molecular complexity index is 92.9. The Morgan fingerprint density at radius 3 is 2.43 bits per heavy atom. The van der Waals surface area contributed by atoms with Crippen LogP contribution in [0.3, 0.4) is 0 Å². The molecule has 0 radical (unpaired) electrons. The minimum atomic E-state index is -2.10. The molecule has 0 bridgehead atoms. The first-order chi connectivity index (χ1) is 3.18. The first-order valence-electron chi connectivity index (χ1n) is 1.77. The van der Waals surface area contributed by atoms with E-state index in [1.54, 1.807) is 0 Å². The van der Waals surface area contributed by atoms with Crippen molar-refractivity contribution >= 4 is 17.3 Å². The van der Waals surface area contributed by atoms with Gasteiger partial charge in [0.1, 0.15) is 0 Å². The molecule has 0 aliphatic rings. The maximum atomic E-state index is 9.78. The first kappa shape index (κ1) is 6.78. The summed E-state index contributed by atoms with van der Waals surface area (Å²) in [6, 6.07) is 0. The zero-order chi connectivity index (χ0) is 5.86. The topological polar surface area (TPSA) is 64.0 Å². The quantitative estimate of drug-likeness (QED) is 0.408. The number of hydrogen-bond donors (Lipinski definition) is 1. The fourth-order valence-electron chi connectivity index (χ4n) is 0.0556. The Balaban J connectivity index is 3.55. The molecule has 0 aromatic rings. The van der Waals surface area contributed by atoms with Gasteiger partial charge in [0.25, 0.3) is 0 Å². The summed E-state index contributed by atoms with van der Waals surface area (Å²) in [6.45, 7) is 1.44. The molecule has 0 aliphatic carbocycles. The number of rotatable bonds is 2. The summed E-state index contributed by atoms with van der Waals surface area (Å²) in [4.78, 5) is 0. The molecule has 0 aromatic heterocycles. The minimum absolute atomic E-state index is 0.639. The van der Waals surface area contributed by atoms with Gasteiger partial charge in [-0.1, -0.05) is 0 Å². The van der Waals surface area contributed by atoms with Crippen LogP contribution in [0.4, 0.5) is 0 Å². The van der Waals surface area contributed by atoms with Crippen LogP contribution < -0.4 is 0 Å². The lowest BCUT2D eigenvalue weighted by Gasteiger charge is -2.06. The molecule has 1 N–H and O–H groups in total. The summed E-state index contributed by atoms with van der Waals surface area (Å²) in [6.07, 6.45) is 0.878. The SMILES string of the molecule is CC(C=N)S(=O)[O-]. The maximum Gasteiger partial charge on any atom is 0.0533 e. The van der Waals surface area contributed by atoms with E-state index in [1.165, 1.54) is 6.92 Å². The third-order valence-corrected chi connectivity index (χ3v) is 1.28. The van der Waals surface area contributed by atoms with Crippen LogP contribution in [0.25, 0.3) is 0 Å². The Morgan fingerprint density at radius 2 is 2.43 bits per heavy atom. The summed E-state index contributed by atoms with van der Waals surface area (Å²) in [5, 5.41) is 5.78. The molecule has 3 nitrogen and oxygen atoms in total. The Hall–Kier alpha value is -0.220. The third-order valence-electron chi connectivity index (χ3n) is 0.538. The van der Waals surface area contributed by atoms with Crippen molar-refractivity contribution in [3.8, 4) is 0 Å². The average Bonchev–Trinajstić information content (AvgIpc) is 1.65. The summed E-state index contributed by atoms with van der Waals surface area (Å²) < 4.78 is 19.6. The molecule has 4 heteroatoms. The van der Waals surface area contributed by atoms with Crippen LogP contribution in [-0.4, -0.2) is 20.2 Å². The molecule has 0 aliphatic heterocycles. The second-order valence-corrected chi connectivity index (χ2v) is 2.40. The molecule has 42 valence electrons. The van der Waals surface area contributed by atoms with E-state index in [2.05, 4.69) is 0 Å². The van der Waals surface area contributed by atoms with Gasteiger partial charge in [0.15, 0.2) is 0 Å². The largest absolute Gasteiger partial charge is 0.772 e. The van der Waals surface area contributed by atoms with Crippen molar-refractivity contribution in [1.29, 1.82) is 5.41 Å². The summed E-state index contributed by atoms with van der Waals surface area (Å²) in [5.41, 5.74) is 0. The van der Waals surface area contributed by atoms with Crippen LogP contribution in [0.5, 0.6) is 0 Å². The highest BCUT2D eigenvalue weighted by Gasteiger charge is 1.91. The van der Waals surface area contributed by atoms with E-state index in [-0.39, 0.29) is 0 Å². The fraction of sp³-hybridized carbons (Fsp3) is 0.667. The van der Waals surface area contributed by atoms with Gasteiger partial charge in [0.2, 0.25) is 0 Å². The van der Waals surface area contributed by atoms with E-state index in [0.717, 1.165) is 6.21 Å². The van der Waals surface area contributed by atoms with Gasteiger partial charge in [-0.3, -0.25) is 4.21 Å². The van der Waals surface area contributed by atoms with Crippen LogP contribution >= 0.6 is 0 Å². The van der Waals surface area contributed by atoms with E-state index >= 15 is 0 Å². The zero-order valence-corrected chi connectivity index (χ0v) is 4.70. The molecule has 7 heavy (non-hydrogen) atoms. The van der Waals surface area contributed by atoms with Gasteiger partial charge in [-0.05, 0) is 18.0 Å². The van der Waals surface area contributed by atoms with E-state index < -0.39 is 16.3 Å². The number of hydrogen-bond acceptors (Lipinski definition) is 3. The molecule has 0 amide bonds. The predicted octanol–water partition coefficient (Wildman–Crippen LogP) is -0.0964. The van der Waals surface area contributed by atoms with Crippen molar-refractivity contribution in [2.24, 2.45) is 0 Å². The van der Waals surface area contributed by atoms with Crippen LogP contribution in [0, 0.1) is 5.41 Å². The lowest BCUT2D eigenvalue weighted by Crippen LogP contribution is -2.09. The molecule has 2 atom stereocenters. The highest BCUT2D eigenvalue weighted by molar-refractivity contribution is 7.80. The molecule has 0 spiro atoms. The van der Waals surface area contributed by atoms with E-state index in [9.17, 15) is 8.76 Å². The van der Waals surface area contributed by atoms with E-state index in [0.29, 0.717) is 0 Å². The molecular weight excluding hydrogens is 114 g/mol. The molecule has 0 saturated heterocycles. The van der Waals surface area contributed by atoms with Gasteiger partial charge in [0.05, 0.1) is 5.25 Å². The molecule has 0 fully saturated rings. The second-order valence-electron chi connectivity index (χ2n) is 1.13. The van der Waals surface area contributed by atoms with Crippen LogP contribution in [0.2, 0.25) is 0 Å². The zero-order valence-electron chi connectivity index (χ0n) is 3.88. The van der Waals surface area contributed by atoms with Crippen molar-refractivity contribution in [3.05, 3.63) is 0 Å². The van der Waals surface area contributed by atoms with Gasteiger partial charge in [0, 0.05) is 6.21 Å². The van der Waals surface area contributed by atoms with Crippen molar-refractivity contribution in [3.63, 3.8) is 0 Å². The molecule has 0 rings (SSSR count). The minimum Gasteiger partial charge on any atom is -0.772 e. The lowest BCUT2D eigenvalue weighted by atomic mass is 10.5. The van der Waals surface area contributed by atoms with Gasteiger partial charge >= 0.3 is 0 Å². The molecule has 0 heterocycles. The Morgan fingerprint density at radius 1 is 2.00 bits per heavy atom. The molecule has 0 aromatic carbocycles. The lowest BCUT2D eigenvalue weighted by molar-refractivity contribution is 0.534. The van der Waals surface area contributed by atoms with E-state index in [4.69, 9.17) is 5.41 Å². The summed E-state index contributed by atoms with van der Waals surface area (Å²) >= 11 is -2.10. The van der Waals surface area contributed by atoms with Crippen molar-refractivity contribution in [2.75, 3.05) is 0 Å². The highest BCUT2D eigenvalue weighted by Crippen LogP contribution is 1.83. The average molecular weight is 120 g/mol. The van der Waals surface area contributed by atoms with Crippen LogP contribution in [0.15, 0.2) is 0 Å². The standard InChI is InChI=1S/C3H7NO2S/c1-3(2-4)7(5)6/h2-4H,1H3,(H,5,6)/p-1. The maximum absolute atomic E-state index is 9.78. The fourth-order valence-corrected chi connectivity index (χ4v) is 0.167. The van der Waals surface area contributed by atoms with E-state index in [1.807, 2.05) is 0 Å². The Labute approximate surface area is 44.5 Å². The second kappa shape index (κ2) is 2.87. The predicted molar refractivity (Wildman–Crippen MR) is 27.2 cm³/mol. The van der Waals surface area contributed by atoms with Crippen molar-refractivity contribution in [2.45, 2.75) is 12.2 Å². The Kier molecular flexibility index (Phi) is 2.78. The summed E-state index contributed by atoms with van der Waals surface area (Å²) in [5.74, 6) is 0. The van der Waals surface area contributed by atoms with Gasteiger partial charge in [-0.2, -0.15) is 0 Å². The molecular formula is C3H6NO2S-. The first-order valence-corrected chi connectivity index (χ1v) is 2.91. The highest BCUT2D eigenvalue weighted by atomic mass is 32.2. The number of nitrogens with one attached hydrogen (secondary N) is 1. The van der Waals surface area contributed by atoms with Gasteiger partial charge in [-0.15, -0.1) is 0 Å². The monoisotopic (exact) mass is 120 g/mol. The van der Waals surface area contributed by atoms with Gasteiger partial charge in [-0.25, -0.2) is 0 Å². The smallest absolute Gasteiger partial charge is 0.0533 e. The molecule has 2 unspecified atom stereocenters. The molecule has 0 saturated carbocycles. The van der Waals surface area contributed by atoms with Gasteiger partial charge < -0.3 is 9.96 Å². The van der Waals surface area contributed by atoms with Crippen molar-refractivity contribution in [1.82, 2.24) is 0 Å². The normalized spacial score (nSPS) is 18.0. The summed E-state index contributed by atoms with van der Waals surface area (Å²) in [7, 11) is 0. The van der Waals surface area contributed by atoms with Crippen LogP contribution in [-0.2, 0) is 11.1 Å². The third kappa shape index (κ3) is 2.47. The van der Waals surface area contributed by atoms with Crippen molar-refractivity contribution < 1.29 is 8.76 Å².